The second-order valence-electron chi connectivity index (χ2n) is 4.03. The Morgan fingerprint density at radius 2 is 2.17 bits per heavy atom. The third kappa shape index (κ3) is 4.92. The van der Waals surface area contributed by atoms with E-state index < -0.39 is 12.0 Å². The number of amides is 1. The SMILES string of the molecule is CC(=O)NC(CNCc1ccc(C)nc1)C(=O)O. The lowest BCUT2D eigenvalue weighted by molar-refractivity contribution is -0.141. The summed E-state index contributed by atoms with van der Waals surface area (Å²) >= 11 is 0. The van der Waals surface area contributed by atoms with Crippen molar-refractivity contribution in [3.05, 3.63) is 29.6 Å². The molecule has 1 heterocycles. The van der Waals surface area contributed by atoms with Crippen LogP contribution >= 0.6 is 0 Å². The quantitative estimate of drug-likeness (QED) is 0.665. The number of carboxylic acid groups (broad SMARTS) is 1. The number of carboxylic acids is 1. The highest BCUT2D eigenvalue weighted by Gasteiger charge is 2.17. The zero-order chi connectivity index (χ0) is 13.5. The van der Waals surface area contributed by atoms with Crippen molar-refractivity contribution in [2.24, 2.45) is 0 Å². The smallest absolute Gasteiger partial charge is 0.327 e. The summed E-state index contributed by atoms with van der Waals surface area (Å²) in [6, 6.07) is 2.89. The first-order valence-electron chi connectivity index (χ1n) is 5.61. The van der Waals surface area contributed by atoms with Gasteiger partial charge in [0.25, 0.3) is 0 Å². The summed E-state index contributed by atoms with van der Waals surface area (Å²) in [5, 5.41) is 14.2. The summed E-state index contributed by atoms with van der Waals surface area (Å²) in [5.74, 6) is -1.42. The molecule has 98 valence electrons. The molecule has 0 aliphatic rings. The van der Waals surface area contributed by atoms with E-state index in [1.54, 1.807) is 6.20 Å². The van der Waals surface area contributed by atoms with Crippen LogP contribution in [0.15, 0.2) is 18.3 Å². The van der Waals surface area contributed by atoms with Crippen LogP contribution < -0.4 is 10.6 Å². The zero-order valence-electron chi connectivity index (χ0n) is 10.4. The molecule has 1 atom stereocenters. The molecule has 1 amide bonds. The second kappa shape index (κ2) is 6.70. The van der Waals surface area contributed by atoms with Gasteiger partial charge in [-0.3, -0.25) is 9.78 Å². The van der Waals surface area contributed by atoms with E-state index in [-0.39, 0.29) is 12.5 Å². The zero-order valence-corrected chi connectivity index (χ0v) is 10.4. The molecular weight excluding hydrogens is 234 g/mol. The Morgan fingerprint density at radius 1 is 1.44 bits per heavy atom. The Morgan fingerprint density at radius 3 is 2.67 bits per heavy atom. The van der Waals surface area contributed by atoms with E-state index in [1.165, 1.54) is 6.92 Å². The lowest BCUT2D eigenvalue weighted by atomic mass is 10.2. The van der Waals surface area contributed by atoms with Crippen LogP contribution in [0.4, 0.5) is 0 Å². The van der Waals surface area contributed by atoms with Gasteiger partial charge in [-0.25, -0.2) is 4.79 Å². The number of nitrogens with zero attached hydrogens (tertiary/aromatic N) is 1. The molecule has 0 radical (unpaired) electrons. The van der Waals surface area contributed by atoms with E-state index in [0.29, 0.717) is 6.54 Å². The van der Waals surface area contributed by atoms with Gasteiger partial charge in [0.05, 0.1) is 0 Å². The molecule has 3 N–H and O–H groups in total. The number of carbonyl (C=O) groups excluding carboxylic acids is 1. The summed E-state index contributed by atoms with van der Waals surface area (Å²) in [7, 11) is 0. The van der Waals surface area contributed by atoms with Gasteiger partial charge in [-0.05, 0) is 18.6 Å². The maximum absolute atomic E-state index is 10.9. The summed E-state index contributed by atoms with van der Waals surface area (Å²) in [4.78, 5) is 25.8. The standard InChI is InChI=1S/C12H17N3O3/c1-8-3-4-10(6-14-8)5-13-7-11(12(17)18)15-9(2)16/h3-4,6,11,13H,5,7H2,1-2H3,(H,15,16)(H,17,18). The lowest BCUT2D eigenvalue weighted by Gasteiger charge is -2.14. The average molecular weight is 251 g/mol. The predicted molar refractivity (Wildman–Crippen MR) is 65.9 cm³/mol. The van der Waals surface area contributed by atoms with Crippen LogP contribution in [0.2, 0.25) is 0 Å². The largest absolute Gasteiger partial charge is 0.480 e. The molecule has 0 aliphatic heterocycles. The number of nitrogens with one attached hydrogen (secondary N) is 2. The minimum atomic E-state index is -1.06. The van der Waals surface area contributed by atoms with Crippen LogP contribution in [0.5, 0.6) is 0 Å². The molecule has 1 rings (SSSR count). The third-order valence-electron chi connectivity index (χ3n) is 2.33. The summed E-state index contributed by atoms with van der Waals surface area (Å²) in [6.45, 7) is 3.87. The molecule has 6 heteroatoms. The number of aromatic nitrogens is 1. The normalized spacial score (nSPS) is 11.9. The fourth-order valence-electron chi connectivity index (χ4n) is 1.41. The molecule has 18 heavy (non-hydrogen) atoms. The number of rotatable bonds is 6. The Bertz CT molecular complexity index is 417. The highest BCUT2D eigenvalue weighted by atomic mass is 16.4. The van der Waals surface area contributed by atoms with Gasteiger partial charge in [0.1, 0.15) is 6.04 Å². The lowest BCUT2D eigenvalue weighted by Crippen LogP contribution is -2.46. The molecule has 0 spiro atoms. The van der Waals surface area contributed by atoms with Crippen molar-refractivity contribution in [2.75, 3.05) is 6.54 Å². The topological polar surface area (TPSA) is 91.3 Å². The number of hydrogen-bond donors (Lipinski definition) is 3. The number of aryl methyl sites for hydroxylation is 1. The van der Waals surface area contributed by atoms with E-state index in [9.17, 15) is 9.59 Å². The number of carbonyl (C=O) groups is 2. The molecular formula is C12H17N3O3. The summed E-state index contributed by atoms with van der Waals surface area (Å²) in [6.07, 6.45) is 1.73. The van der Waals surface area contributed by atoms with E-state index >= 15 is 0 Å². The van der Waals surface area contributed by atoms with Gasteiger partial charge in [0, 0.05) is 31.9 Å². The van der Waals surface area contributed by atoms with E-state index in [1.807, 2.05) is 19.1 Å². The Kier molecular flexibility index (Phi) is 5.26. The molecule has 1 unspecified atom stereocenters. The van der Waals surface area contributed by atoms with Gasteiger partial charge in [-0.2, -0.15) is 0 Å². The number of aliphatic carboxylic acids is 1. The van der Waals surface area contributed by atoms with Crippen LogP contribution in [0.1, 0.15) is 18.2 Å². The molecule has 1 aromatic heterocycles. The first kappa shape index (κ1) is 14.1. The molecule has 0 aliphatic carbocycles. The van der Waals surface area contributed by atoms with Gasteiger partial charge in [-0.1, -0.05) is 6.07 Å². The van der Waals surface area contributed by atoms with Crippen molar-refractivity contribution in [3.63, 3.8) is 0 Å². The average Bonchev–Trinajstić information content (AvgIpc) is 2.29. The molecule has 1 aromatic rings. The molecule has 6 nitrogen and oxygen atoms in total. The minimum absolute atomic E-state index is 0.169. The van der Waals surface area contributed by atoms with Crippen LogP contribution in [0.25, 0.3) is 0 Å². The molecule has 0 fully saturated rings. The summed E-state index contributed by atoms with van der Waals surface area (Å²) < 4.78 is 0. The van der Waals surface area contributed by atoms with Gasteiger partial charge in [0.15, 0.2) is 0 Å². The fraction of sp³-hybridized carbons (Fsp3) is 0.417. The van der Waals surface area contributed by atoms with Crippen molar-refractivity contribution in [3.8, 4) is 0 Å². The molecule has 0 bridgehead atoms. The van der Waals surface area contributed by atoms with Crippen molar-refractivity contribution in [1.29, 1.82) is 0 Å². The maximum atomic E-state index is 10.9. The van der Waals surface area contributed by atoms with Gasteiger partial charge in [-0.15, -0.1) is 0 Å². The minimum Gasteiger partial charge on any atom is -0.480 e. The van der Waals surface area contributed by atoms with Gasteiger partial charge in [0.2, 0.25) is 5.91 Å². The number of hydrogen-bond acceptors (Lipinski definition) is 4. The Labute approximate surface area is 105 Å². The monoisotopic (exact) mass is 251 g/mol. The predicted octanol–water partition coefficient (Wildman–Crippen LogP) is 0.0689. The Hall–Kier alpha value is -1.95. The van der Waals surface area contributed by atoms with Gasteiger partial charge < -0.3 is 15.7 Å². The van der Waals surface area contributed by atoms with E-state index in [0.717, 1.165) is 11.3 Å². The highest BCUT2D eigenvalue weighted by molar-refractivity contribution is 5.82. The molecule has 0 aromatic carbocycles. The first-order chi connectivity index (χ1) is 8.49. The van der Waals surface area contributed by atoms with Crippen molar-refractivity contribution in [2.45, 2.75) is 26.4 Å². The van der Waals surface area contributed by atoms with Crippen LogP contribution in [-0.4, -0.2) is 34.6 Å². The molecule has 0 saturated heterocycles. The second-order valence-corrected chi connectivity index (χ2v) is 4.03. The van der Waals surface area contributed by atoms with Crippen molar-refractivity contribution in [1.82, 2.24) is 15.6 Å². The van der Waals surface area contributed by atoms with Crippen molar-refractivity contribution < 1.29 is 14.7 Å². The maximum Gasteiger partial charge on any atom is 0.327 e. The van der Waals surface area contributed by atoms with E-state index in [4.69, 9.17) is 5.11 Å². The van der Waals surface area contributed by atoms with Crippen LogP contribution in [0, 0.1) is 6.92 Å². The third-order valence-corrected chi connectivity index (χ3v) is 2.33. The highest BCUT2D eigenvalue weighted by Crippen LogP contribution is 1.98. The number of pyridine rings is 1. The fourth-order valence-corrected chi connectivity index (χ4v) is 1.41. The Balaban J connectivity index is 2.41. The van der Waals surface area contributed by atoms with Crippen molar-refractivity contribution >= 4 is 11.9 Å². The first-order valence-corrected chi connectivity index (χ1v) is 5.61. The molecule has 0 saturated carbocycles. The van der Waals surface area contributed by atoms with E-state index in [2.05, 4.69) is 15.6 Å². The van der Waals surface area contributed by atoms with Crippen LogP contribution in [0.3, 0.4) is 0 Å². The van der Waals surface area contributed by atoms with Crippen LogP contribution in [-0.2, 0) is 16.1 Å². The summed E-state index contributed by atoms with van der Waals surface area (Å²) in [5.41, 5.74) is 1.90. The van der Waals surface area contributed by atoms with Gasteiger partial charge >= 0.3 is 5.97 Å².